The summed E-state index contributed by atoms with van der Waals surface area (Å²) in [5.41, 5.74) is 3.73. The van der Waals surface area contributed by atoms with Crippen LogP contribution in [0.1, 0.15) is 22.7 Å². The van der Waals surface area contributed by atoms with Crippen LogP contribution in [-0.2, 0) is 17.8 Å². The number of fused-ring (bicyclic) bond motifs is 1. The van der Waals surface area contributed by atoms with Gasteiger partial charge in [0, 0.05) is 0 Å². The number of hydrogen-bond donors (Lipinski definition) is 1. The van der Waals surface area contributed by atoms with Crippen LogP contribution < -0.4 is 14.8 Å². The van der Waals surface area contributed by atoms with E-state index in [1.165, 1.54) is 16.7 Å². The highest BCUT2D eigenvalue weighted by molar-refractivity contribution is 5.49. The third kappa shape index (κ3) is 3.66. The van der Waals surface area contributed by atoms with E-state index in [1.807, 2.05) is 18.2 Å². The van der Waals surface area contributed by atoms with Crippen molar-refractivity contribution in [3.05, 3.63) is 59.2 Å². The molecule has 0 spiro atoms. The average Bonchev–Trinajstić information content (AvgIpc) is 2.61. The zero-order valence-corrected chi connectivity index (χ0v) is 13.7. The first-order chi connectivity index (χ1) is 11.3. The molecule has 122 valence electrons. The standard InChI is InChI=1S/C19H23NO3/c1-21-18-10-15-8-9-20-17(16(15)11-19(18)22-2)13-23-12-14-6-4-3-5-7-14/h3-7,10-11,17,20H,8-9,12-13H2,1-2H3/t17-/m0/s1. The average molecular weight is 313 g/mol. The van der Waals surface area contributed by atoms with E-state index in [1.54, 1.807) is 14.2 Å². The molecule has 0 fully saturated rings. The van der Waals surface area contributed by atoms with E-state index in [-0.39, 0.29) is 6.04 Å². The summed E-state index contributed by atoms with van der Waals surface area (Å²) >= 11 is 0. The van der Waals surface area contributed by atoms with Gasteiger partial charge in [-0.25, -0.2) is 0 Å². The van der Waals surface area contributed by atoms with Gasteiger partial charge in [-0.2, -0.15) is 0 Å². The molecule has 0 radical (unpaired) electrons. The molecule has 2 aromatic rings. The van der Waals surface area contributed by atoms with Crippen LogP contribution in [0.15, 0.2) is 42.5 Å². The van der Waals surface area contributed by atoms with Gasteiger partial charge in [-0.1, -0.05) is 30.3 Å². The molecule has 0 saturated carbocycles. The van der Waals surface area contributed by atoms with Gasteiger partial charge in [0.25, 0.3) is 0 Å². The van der Waals surface area contributed by atoms with Gasteiger partial charge in [-0.05, 0) is 41.8 Å². The van der Waals surface area contributed by atoms with E-state index in [9.17, 15) is 0 Å². The van der Waals surface area contributed by atoms with Crippen molar-refractivity contribution in [2.75, 3.05) is 27.4 Å². The van der Waals surface area contributed by atoms with Crippen molar-refractivity contribution in [2.45, 2.75) is 19.1 Å². The highest BCUT2D eigenvalue weighted by atomic mass is 16.5. The number of nitrogens with one attached hydrogen (secondary N) is 1. The number of methoxy groups -OCH3 is 2. The van der Waals surface area contributed by atoms with Crippen LogP contribution in [0.4, 0.5) is 0 Å². The lowest BCUT2D eigenvalue weighted by Crippen LogP contribution is -2.32. The molecule has 4 heteroatoms. The summed E-state index contributed by atoms with van der Waals surface area (Å²) in [5, 5.41) is 3.53. The summed E-state index contributed by atoms with van der Waals surface area (Å²) in [6.07, 6.45) is 0.991. The molecule has 0 aromatic heterocycles. The molecule has 0 amide bonds. The van der Waals surface area contributed by atoms with Gasteiger partial charge in [0.2, 0.25) is 0 Å². The maximum atomic E-state index is 5.91. The highest BCUT2D eigenvalue weighted by Gasteiger charge is 2.22. The van der Waals surface area contributed by atoms with Crippen LogP contribution in [0.2, 0.25) is 0 Å². The Balaban J connectivity index is 1.70. The fourth-order valence-corrected chi connectivity index (χ4v) is 2.99. The Labute approximate surface area is 137 Å². The molecule has 0 aliphatic carbocycles. The fourth-order valence-electron chi connectivity index (χ4n) is 2.99. The van der Waals surface area contributed by atoms with Crippen LogP contribution in [0.5, 0.6) is 11.5 Å². The van der Waals surface area contributed by atoms with Gasteiger partial charge < -0.3 is 19.5 Å². The number of hydrogen-bond acceptors (Lipinski definition) is 4. The Morgan fingerprint density at radius 3 is 2.52 bits per heavy atom. The Kier molecular flexibility index (Phi) is 5.16. The predicted molar refractivity (Wildman–Crippen MR) is 90.1 cm³/mol. The Morgan fingerprint density at radius 2 is 1.78 bits per heavy atom. The van der Waals surface area contributed by atoms with Crippen LogP contribution in [0, 0.1) is 0 Å². The second-order valence-electron chi connectivity index (χ2n) is 5.66. The second kappa shape index (κ2) is 7.49. The van der Waals surface area contributed by atoms with Gasteiger partial charge >= 0.3 is 0 Å². The largest absolute Gasteiger partial charge is 0.493 e. The van der Waals surface area contributed by atoms with Crippen molar-refractivity contribution in [3.63, 3.8) is 0 Å². The van der Waals surface area contributed by atoms with Crippen molar-refractivity contribution in [1.82, 2.24) is 5.32 Å². The highest BCUT2D eigenvalue weighted by Crippen LogP contribution is 2.35. The van der Waals surface area contributed by atoms with E-state index < -0.39 is 0 Å². The molecule has 0 bridgehead atoms. The number of benzene rings is 2. The molecule has 0 saturated heterocycles. The maximum Gasteiger partial charge on any atom is 0.161 e. The molecule has 0 unspecified atom stereocenters. The SMILES string of the molecule is COc1cc2c(cc1OC)[C@H](COCc1ccccc1)NCC2. The first kappa shape index (κ1) is 15.8. The number of ether oxygens (including phenoxy) is 3. The van der Waals surface area contributed by atoms with Crippen LogP contribution in [-0.4, -0.2) is 27.4 Å². The van der Waals surface area contributed by atoms with Gasteiger partial charge in [0.05, 0.1) is 33.5 Å². The van der Waals surface area contributed by atoms with E-state index >= 15 is 0 Å². The third-order valence-corrected chi connectivity index (χ3v) is 4.20. The molecule has 1 heterocycles. The smallest absolute Gasteiger partial charge is 0.161 e. The van der Waals surface area contributed by atoms with Gasteiger partial charge in [-0.3, -0.25) is 0 Å². The summed E-state index contributed by atoms with van der Waals surface area (Å²) in [6.45, 7) is 2.21. The lowest BCUT2D eigenvalue weighted by molar-refractivity contribution is 0.0968. The lowest BCUT2D eigenvalue weighted by Gasteiger charge is -2.28. The van der Waals surface area contributed by atoms with E-state index in [4.69, 9.17) is 14.2 Å². The van der Waals surface area contributed by atoms with E-state index in [0.29, 0.717) is 13.2 Å². The molecule has 4 nitrogen and oxygen atoms in total. The van der Waals surface area contributed by atoms with Crippen LogP contribution >= 0.6 is 0 Å². The van der Waals surface area contributed by atoms with Crippen LogP contribution in [0.3, 0.4) is 0 Å². The topological polar surface area (TPSA) is 39.7 Å². The van der Waals surface area contributed by atoms with Crippen molar-refractivity contribution < 1.29 is 14.2 Å². The molecule has 1 aliphatic rings. The minimum absolute atomic E-state index is 0.183. The molecule has 1 atom stereocenters. The third-order valence-electron chi connectivity index (χ3n) is 4.20. The summed E-state index contributed by atoms with van der Waals surface area (Å²) < 4.78 is 16.7. The molecular formula is C19H23NO3. The first-order valence-electron chi connectivity index (χ1n) is 7.91. The maximum absolute atomic E-state index is 5.91. The minimum atomic E-state index is 0.183. The zero-order chi connectivity index (χ0) is 16.1. The Bertz CT molecular complexity index is 643. The quantitative estimate of drug-likeness (QED) is 0.889. The predicted octanol–water partition coefficient (Wildman–Crippen LogP) is 3.11. The second-order valence-corrected chi connectivity index (χ2v) is 5.66. The van der Waals surface area contributed by atoms with Gasteiger partial charge in [-0.15, -0.1) is 0 Å². The molecule has 23 heavy (non-hydrogen) atoms. The summed E-state index contributed by atoms with van der Waals surface area (Å²) in [4.78, 5) is 0. The van der Waals surface area contributed by atoms with E-state index in [2.05, 4.69) is 29.6 Å². The first-order valence-corrected chi connectivity index (χ1v) is 7.91. The zero-order valence-electron chi connectivity index (χ0n) is 13.7. The summed E-state index contributed by atoms with van der Waals surface area (Å²) in [5.74, 6) is 1.56. The van der Waals surface area contributed by atoms with Crippen molar-refractivity contribution in [3.8, 4) is 11.5 Å². The summed E-state index contributed by atoms with van der Waals surface area (Å²) in [7, 11) is 3.34. The van der Waals surface area contributed by atoms with Crippen molar-refractivity contribution in [1.29, 1.82) is 0 Å². The molecule has 3 rings (SSSR count). The Hall–Kier alpha value is -2.04. The summed E-state index contributed by atoms with van der Waals surface area (Å²) in [6, 6.07) is 14.6. The minimum Gasteiger partial charge on any atom is -0.493 e. The lowest BCUT2D eigenvalue weighted by atomic mass is 9.94. The van der Waals surface area contributed by atoms with Crippen LogP contribution in [0.25, 0.3) is 0 Å². The fraction of sp³-hybridized carbons (Fsp3) is 0.368. The van der Waals surface area contributed by atoms with E-state index in [0.717, 1.165) is 24.5 Å². The Morgan fingerprint density at radius 1 is 1.04 bits per heavy atom. The van der Waals surface area contributed by atoms with Gasteiger partial charge in [0.15, 0.2) is 11.5 Å². The van der Waals surface area contributed by atoms with Crippen molar-refractivity contribution in [2.24, 2.45) is 0 Å². The monoisotopic (exact) mass is 313 g/mol. The molecule has 1 aliphatic heterocycles. The molecule has 1 N–H and O–H groups in total. The normalized spacial score (nSPS) is 16.7. The van der Waals surface area contributed by atoms with Crippen molar-refractivity contribution >= 4 is 0 Å². The molecular weight excluding hydrogens is 290 g/mol. The molecule has 2 aromatic carbocycles. The van der Waals surface area contributed by atoms with Gasteiger partial charge in [0.1, 0.15) is 0 Å². The number of rotatable bonds is 6.